The summed E-state index contributed by atoms with van der Waals surface area (Å²) in [7, 11) is 0. The molecule has 1 fully saturated rings. The van der Waals surface area contributed by atoms with Crippen molar-refractivity contribution in [1.82, 2.24) is 10.2 Å². The Morgan fingerprint density at radius 1 is 1.20 bits per heavy atom. The Bertz CT molecular complexity index is 710. The van der Waals surface area contributed by atoms with E-state index in [-0.39, 0.29) is 24.5 Å². The van der Waals surface area contributed by atoms with Crippen LogP contribution < -0.4 is 10.1 Å². The van der Waals surface area contributed by atoms with Crippen molar-refractivity contribution < 1.29 is 14.3 Å². The smallest absolute Gasteiger partial charge is 0.261 e. The van der Waals surface area contributed by atoms with Gasteiger partial charge in [0.05, 0.1) is 4.88 Å². The van der Waals surface area contributed by atoms with Crippen LogP contribution in [0.3, 0.4) is 0 Å². The Labute approximate surface area is 155 Å². The maximum absolute atomic E-state index is 12.2. The summed E-state index contributed by atoms with van der Waals surface area (Å²) in [5.74, 6) is 0.541. The second-order valence-corrected chi connectivity index (χ2v) is 7.23. The van der Waals surface area contributed by atoms with Gasteiger partial charge >= 0.3 is 0 Å². The number of carbonyl (C=O) groups excluding carboxylic acids is 2. The minimum atomic E-state index is -0.0435. The van der Waals surface area contributed by atoms with E-state index in [2.05, 4.69) is 5.32 Å². The molecule has 7 heteroatoms. The number of ether oxygens (including phenoxy) is 1. The first kappa shape index (κ1) is 17.8. The summed E-state index contributed by atoms with van der Waals surface area (Å²) in [5.41, 5.74) is 0. The summed E-state index contributed by atoms with van der Waals surface area (Å²) in [6.45, 7) is 1.25. The summed E-state index contributed by atoms with van der Waals surface area (Å²) < 4.78 is 5.50. The fourth-order valence-corrected chi connectivity index (χ4v) is 3.46. The SMILES string of the molecule is O=C(NC1CCN(C(=O)COc2ccc(Cl)cc2)CC1)c1cccs1. The Hall–Kier alpha value is -2.05. The molecular formula is C18H19ClN2O3S. The molecule has 1 aromatic carbocycles. The Morgan fingerprint density at radius 3 is 2.56 bits per heavy atom. The first-order chi connectivity index (χ1) is 12.1. The van der Waals surface area contributed by atoms with Crippen molar-refractivity contribution in [3.05, 3.63) is 51.7 Å². The molecule has 0 saturated carbocycles. The van der Waals surface area contributed by atoms with Gasteiger partial charge in [0.25, 0.3) is 11.8 Å². The molecule has 0 unspecified atom stereocenters. The summed E-state index contributed by atoms with van der Waals surface area (Å²) in [6.07, 6.45) is 1.51. The van der Waals surface area contributed by atoms with Crippen LogP contribution in [0.25, 0.3) is 0 Å². The van der Waals surface area contributed by atoms with Crippen LogP contribution in [0.5, 0.6) is 5.75 Å². The predicted octanol–water partition coefficient (Wildman–Crippen LogP) is 3.20. The minimum absolute atomic E-state index is 0.00779. The van der Waals surface area contributed by atoms with Gasteiger partial charge in [-0.2, -0.15) is 0 Å². The number of hydrogen-bond donors (Lipinski definition) is 1. The lowest BCUT2D eigenvalue weighted by atomic mass is 10.0. The van der Waals surface area contributed by atoms with Crippen molar-refractivity contribution in [2.45, 2.75) is 18.9 Å². The van der Waals surface area contributed by atoms with Crippen LogP contribution in [0.2, 0.25) is 5.02 Å². The maximum atomic E-state index is 12.2. The molecule has 0 aliphatic carbocycles. The second kappa shape index (κ2) is 8.36. The molecule has 1 aromatic heterocycles. The summed E-state index contributed by atoms with van der Waals surface area (Å²) in [4.78, 5) is 26.8. The van der Waals surface area contributed by atoms with Gasteiger partial charge in [0.15, 0.2) is 6.61 Å². The molecule has 1 aliphatic rings. The zero-order chi connectivity index (χ0) is 17.6. The third kappa shape index (κ3) is 4.96. The van der Waals surface area contributed by atoms with E-state index in [0.717, 1.165) is 17.7 Å². The second-order valence-electron chi connectivity index (χ2n) is 5.85. The molecular weight excluding hydrogens is 360 g/mol. The van der Waals surface area contributed by atoms with Gasteiger partial charge in [0.1, 0.15) is 5.75 Å². The van der Waals surface area contributed by atoms with E-state index in [9.17, 15) is 9.59 Å². The molecule has 2 amide bonds. The van der Waals surface area contributed by atoms with Crippen molar-refractivity contribution in [3.63, 3.8) is 0 Å². The highest BCUT2D eigenvalue weighted by Gasteiger charge is 2.24. The summed E-state index contributed by atoms with van der Waals surface area (Å²) in [6, 6.07) is 10.7. The molecule has 132 valence electrons. The summed E-state index contributed by atoms with van der Waals surface area (Å²) >= 11 is 7.25. The zero-order valence-electron chi connectivity index (χ0n) is 13.6. The average molecular weight is 379 g/mol. The lowest BCUT2D eigenvalue weighted by Crippen LogP contribution is -2.47. The molecule has 2 heterocycles. The fraction of sp³-hybridized carbons (Fsp3) is 0.333. The number of piperidine rings is 1. The number of hydrogen-bond acceptors (Lipinski definition) is 4. The number of thiophene rings is 1. The highest BCUT2D eigenvalue weighted by atomic mass is 35.5. The quantitative estimate of drug-likeness (QED) is 0.869. The molecule has 1 N–H and O–H groups in total. The molecule has 1 aliphatic heterocycles. The molecule has 25 heavy (non-hydrogen) atoms. The van der Waals surface area contributed by atoms with Crippen LogP contribution in [0.15, 0.2) is 41.8 Å². The molecule has 0 radical (unpaired) electrons. The molecule has 0 spiro atoms. The van der Waals surface area contributed by atoms with Crippen LogP contribution in [0.1, 0.15) is 22.5 Å². The minimum Gasteiger partial charge on any atom is -0.484 e. The van der Waals surface area contributed by atoms with Crippen molar-refractivity contribution in [2.75, 3.05) is 19.7 Å². The number of nitrogens with zero attached hydrogens (tertiary/aromatic N) is 1. The number of likely N-dealkylation sites (tertiary alicyclic amines) is 1. The van der Waals surface area contributed by atoms with Crippen molar-refractivity contribution in [3.8, 4) is 5.75 Å². The number of benzene rings is 1. The molecule has 5 nitrogen and oxygen atoms in total. The molecule has 1 saturated heterocycles. The predicted molar refractivity (Wildman–Crippen MR) is 98.3 cm³/mol. The first-order valence-corrected chi connectivity index (χ1v) is 9.38. The standard InChI is InChI=1S/C18H19ClN2O3S/c19-13-3-5-15(6-4-13)24-12-17(22)21-9-7-14(8-10-21)20-18(23)16-2-1-11-25-16/h1-6,11,14H,7-10,12H2,(H,20,23). The number of amides is 2. The van der Waals surface area contributed by atoms with Gasteiger partial charge in [0, 0.05) is 24.2 Å². The largest absolute Gasteiger partial charge is 0.484 e. The number of halogens is 1. The van der Waals surface area contributed by atoms with E-state index in [1.807, 2.05) is 17.5 Å². The van der Waals surface area contributed by atoms with Crippen LogP contribution in [-0.2, 0) is 4.79 Å². The highest BCUT2D eigenvalue weighted by molar-refractivity contribution is 7.12. The third-order valence-electron chi connectivity index (χ3n) is 4.10. The van der Waals surface area contributed by atoms with Gasteiger partial charge in [-0.25, -0.2) is 0 Å². The van der Waals surface area contributed by atoms with Crippen molar-refractivity contribution in [2.24, 2.45) is 0 Å². The maximum Gasteiger partial charge on any atom is 0.261 e. The monoisotopic (exact) mass is 378 g/mol. The van der Waals surface area contributed by atoms with Gasteiger partial charge in [-0.05, 0) is 48.6 Å². The Kier molecular flexibility index (Phi) is 5.94. The van der Waals surface area contributed by atoms with Crippen LogP contribution in [-0.4, -0.2) is 42.5 Å². The van der Waals surface area contributed by atoms with Crippen molar-refractivity contribution in [1.29, 1.82) is 0 Å². The van der Waals surface area contributed by atoms with Gasteiger partial charge in [-0.1, -0.05) is 17.7 Å². The average Bonchev–Trinajstić information content (AvgIpc) is 3.16. The normalized spacial score (nSPS) is 15.0. The van der Waals surface area contributed by atoms with E-state index >= 15 is 0 Å². The zero-order valence-corrected chi connectivity index (χ0v) is 15.2. The summed E-state index contributed by atoms with van der Waals surface area (Å²) in [5, 5.41) is 5.55. The number of carbonyl (C=O) groups is 2. The number of rotatable bonds is 5. The molecule has 0 bridgehead atoms. The number of nitrogens with one attached hydrogen (secondary N) is 1. The van der Waals surface area contributed by atoms with E-state index in [0.29, 0.717) is 23.9 Å². The topological polar surface area (TPSA) is 58.6 Å². The Balaban J connectivity index is 1.41. The van der Waals surface area contributed by atoms with Crippen molar-refractivity contribution >= 4 is 34.8 Å². The molecule has 0 atom stereocenters. The van der Waals surface area contributed by atoms with E-state index in [1.54, 1.807) is 29.2 Å². The van der Waals surface area contributed by atoms with Gasteiger partial charge in [-0.3, -0.25) is 9.59 Å². The lowest BCUT2D eigenvalue weighted by Gasteiger charge is -2.32. The van der Waals surface area contributed by atoms with E-state index < -0.39 is 0 Å². The molecule has 3 rings (SSSR count). The Morgan fingerprint density at radius 2 is 1.92 bits per heavy atom. The van der Waals surface area contributed by atoms with Gasteiger partial charge in [-0.15, -0.1) is 11.3 Å². The molecule has 2 aromatic rings. The third-order valence-corrected chi connectivity index (χ3v) is 5.22. The highest BCUT2D eigenvalue weighted by Crippen LogP contribution is 2.17. The van der Waals surface area contributed by atoms with Crippen LogP contribution >= 0.6 is 22.9 Å². The lowest BCUT2D eigenvalue weighted by molar-refractivity contribution is -0.134. The van der Waals surface area contributed by atoms with Gasteiger partial charge in [0.2, 0.25) is 0 Å². The first-order valence-electron chi connectivity index (χ1n) is 8.12. The van der Waals surface area contributed by atoms with Crippen LogP contribution in [0, 0.1) is 0 Å². The van der Waals surface area contributed by atoms with E-state index in [4.69, 9.17) is 16.3 Å². The fourth-order valence-electron chi connectivity index (χ4n) is 2.70. The van der Waals surface area contributed by atoms with Gasteiger partial charge < -0.3 is 15.0 Å². The van der Waals surface area contributed by atoms with Crippen LogP contribution in [0.4, 0.5) is 0 Å². The van der Waals surface area contributed by atoms with E-state index in [1.165, 1.54) is 11.3 Å².